The maximum Gasteiger partial charge on any atom is 0.339 e. The number of thioether (sulfide) groups is 1. The molecule has 0 spiro atoms. The Hall–Kier alpha value is -2.86. The van der Waals surface area contributed by atoms with Crippen molar-refractivity contribution in [2.24, 2.45) is 0 Å². The third kappa shape index (κ3) is 3.97. The fourth-order valence-corrected chi connectivity index (χ4v) is 3.24. The molecule has 0 aliphatic rings. The highest BCUT2D eigenvalue weighted by molar-refractivity contribution is 8.00. The molecule has 126 valence electrons. The number of carbonyl (C=O) groups is 2. The zero-order valence-electron chi connectivity index (χ0n) is 13.6. The Morgan fingerprint density at radius 1 is 1.08 bits per heavy atom. The molecule has 2 aromatic carbocycles. The number of carbonyl (C=O) groups excluding carboxylic acids is 2. The first-order valence-electron chi connectivity index (χ1n) is 7.63. The number of fused-ring (bicyclic) bond motifs is 1. The lowest BCUT2D eigenvalue weighted by Gasteiger charge is -2.10. The van der Waals surface area contributed by atoms with E-state index in [1.165, 1.54) is 18.9 Å². The van der Waals surface area contributed by atoms with Crippen molar-refractivity contribution in [1.82, 2.24) is 4.98 Å². The van der Waals surface area contributed by atoms with Crippen molar-refractivity contribution < 1.29 is 14.3 Å². The van der Waals surface area contributed by atoms with Gasteiger partial charge in [-0.1, -0.05) is 30.3 Å². The molecule has 0 saturated heterocycles. The Kier molecular flexibility index (Phi) is 5.30. The first kappa shape index (κ1) is 17.0. The monoisotopic (exact) mass is 352 g/mol. The summed E-state index contributed by atoms with van der Waals surface area (Å²) in [5.41, 5.74) is 1.64. The van der Waals surface area contributed by atoms with Crippen LogP contribution in [0.3, 0.4) is 0 Å². The third-order valence-electron chi connectivity index (χ3n) is 3.56. The molecule has 0 radical (unpaired) electrons. The molecule has 0 atom stereocenters. The summed E-state index contributed by atoms with van der Waals surface area (Å²) in [7, 11) is 1.31. The number of methoxy groups -OCH3 is 1. The summed E-state index contributed by atoms with van der Waals surface area (Å²) >= 11 is 1.41. The molecule has 0 bridgehead atoms. The summed E-state index contributed by atoms with van der Waals surface area (Å²) in [6.45, 7) is 0. The van der Waals surface area contributed by atoms with Gasteiger partial charge >= 0.3 is 5.97 Å². The van der Waals surface area contributed by atoms with E-state index in [0.29, 0.717) is 11.3 Å². The van der Waals surface area contributed by atoms with Crippen molar-refractivity contribution >= 4 is 40.2 Å². The number of pyridine rings is 1. The number of hydrogen-bond acceptors (Lipinski definition) is 5. The number of esters is 1. The molecule has 1 amide bonds. The third-order valence-corrected chi connectivity index (χ3v) is 4.61. The highest BCUT2D eigenvalue weighted by Crippen LogP contribution is 2.26. The number of anilines is 1. The molecule has 0 aliphatic heterocycles. The Morgan fingerprint density at radius 3 is 2.72 bits per heavy atom. The predicted octanol–water partition coefficient (Wildman–Crippen LogP) is 3.75. The number of rotatable bonds is 5. The minimum Gasteiger partial charge on any atom is -0.465 e. The smallest absolute Gasteiger partial charge is 0.339 e. The molecule has 5 nitrogen and oxygen atoms in total. The van der Waals surface area contributed by atoms with Crippen LogP contribution in [-0.4, -0.2) is 29.7 Å². The first-order chi connectivity index (χ1) is 12.2. The van der Waals surface area contributed by atoms with Crippen LogP contribution >= 0.6 is 11.8 Å². The van der Waals surface area contributed by atoms with E-state index in [0.717, 1.165) is 15.8 Å². The number of aromatic nitrogens is 1. The van der Waals surface area contributed by atoms with Crippen LogP contribution in [0.15, 0.2) is 65.7 Å². The Balaban J connectivity index is 1.71. The minimum absolute atomic E-state index is 0.200. The highest BCUT2D eigenvalue weighted by atomic mass is 32.2. The SMILES string of the molecule is COC(=O)c1ccccc1NC(=O)CSc1cccc2cccnc12. The van der Waals surface area contributed by atoms with Crippen LogP contribution < -0.4 is 5.32 Å². The maximum atomic E-state index is 12.3. The van der Waals surface area contributed by atoms with Gasteiger partial charge in [-0.05, 0) is 24.3 Å². The molecule has 0 aliphatic carbocycles. The van der Waals surface area contributed by atoms with Crippen LogP contribution in [0.5, 0.6) is 0 Å². The fourth-order valence-electron chi connectivity index (χ4n) is 2.40. The van der Waals surface area contributed by atoms with E-state index < -0.39 is 5.97 Å². The van der Waals surface area contributed by atoms with Gasteiger partial charge in [-0.15, -0.1) is 11.8 Å². The quantitative estimate of drug-likeness (QED) is 0.559. The van der Waals surface area contributed by atoms with E-state index in [1.54, 1.807) is 30.5 Å². The van der Waals surface area contributed by atoms with E-state index in [9.17, 15) is 9.59 Å². The van der Waals surface area contributed by atoms with E-state index in [4.69, 9.17) is 4.74 Å². The summed E-state index contributed by atoms with van der Waals surface area (Å²) in [6, 6.07) is 16.5. The van der Waals surface area contributed by atoms with Crippen LogP contribution in [0, 0.1) is 0 Å². The van der Waals surface area contributed by atoms with Gasteiger partial charge in [0.2, 0.25) is 5.91 Å². The van der Waals surface area contributed by atoms with Crippen LogP contribution in [0.25, 0.3) is 10.9 Å². The number of amides is 1. The average molecular weight is 352 g/mol. The lowest BCUT2D eigenvalue weighted by molar-refractivity contribution is -0.113. The van der Waals surface area contributed by atoms with E-state index >= 15 is 0 Å². The van der Waals surface area contributed by atoms with Gasteiger partial charge in [0.1, 0.15) is 0 Å². The van der Waals surface area contributed by atoms with Crippen molar-refractivity contribution in [3.63, 3.8) is 0 Å². The highest BCUT2D eigenvalue weighted by Gasteiger charge is 2.13. The average Bonchev–Trinajstić information content (AvgIpc) is 2.66. The number of nitrogens with zero attached hydrogens (tertiary/aromatic N) is 1. The number of benzene rings is 2. The molecular weight excluding hydrogens is 336 g/mol. The second-order valence-corrected chi connectivity index (χ2v) is 6.22. The molecule has 1 N–H and O–H groups in total. The fraction of sp³-hybridized carbons (Fsp3) is 0.105. The normalized spacial score (nSPS) is 10.4. The number of ether oxygens (including phenoxy) is 1. The van der Waals surface area contributed by atoms with Crippen molar-refractivity contribution in [3.05, 3.63) is 66.4 Å². The first-order valence-corrected chi connectivity index (χ1v) is 8.61. The minimum atomic E-state index is -0.484. The van der Waals surface area contributed by atoms with Crippen molar-refractivity contribution in [2.45, 2.75) is 4.90 Å². The van der Waals surface area contributed by atoms with Crippen LogP contribution in [0.2, 0.25) is 0 Å². The molecule has 0 fully saturated rings. The Labute approximate surface area is 149 Å². The lowest BCUT2D eigenvalue weighted by Crippen LogP contribution is -2.17. The van der Waals surface area contributed by atoms with Crippen molar-refractivity contribution in [1.29, 1.82) is 0 Å². The maximum absolute atomic E-state index is 12.3. The lowest BCUT2D eigenvalue weighted by atomic mass is 10.2. The summed E-state index contributed by atoms with van der Waals surface area (Å²) in [6.07, 6.45) is 1.74. The molecule has 1 heterocycles. The van der Waals surface area contributed by atoms with Gasteiger partial charge in [0, 0.05) is 16.5 Å². The standard InChI is InChI=1S/C19H16N2O3S/c1-24-19(23)14-8-2-3-9-15(14)21-17(22)12-25-16-10-4-6-13-7-5-11-20-18(13)16/h2-11H,12H2,1H3,(H,21,22). The molecule has 25 heavy (non-hydrogen) atoms. The summed E-state index contributed by atoms with van der Waals surface area (Å²) in [5.74, 6) is -0.471. The number of para-hydroxylation sites is 2. The van der Waals surface area contributed by atoms with Gasteiger partial charge in [-0.2, -0.15) is 0 Å². The van der Waals surface area contributed by atoms with Crippen molar-refractivity contribution in [2.75, 3.05) is 18.2 Å². The zero-order chi connectivity index (χ0) is 17.6. The van der Waals surface area contributed by atoms with Crippen LogP contribution in [-0.2, 0) is 9.53 Å². The van der Waals surface area contributed by atoms with Gasteiger partial charge < -0.3 is 10.1 Å². The zero-order valence-corrected chi connectivity index (χ0v) is 14.4. The van der Waals surface area contributed by atoms with E-state index in [1.807, 2.05) is 30.3 Å². The topological polar surface area (TPSA) is 68.3 Å². The number of hydrogen-bond donors (Lipinski definition) is 1. The Morgan fingerprint density at radius 2 is 1.88 bits per heavy atom. The molecule has 1 aromatic heterocycles. The second-order valence-electron chi connectivity index (χ2n) is 5.21. The molecule has 3 rings (SSSR count). The van der Waals surface area contributed by atoms with E-state index in [2.05, 4.69) is 10.3 Å². The van der Waals surface area contributed by atoms with Gasteiger partial charge in [-0.25, -0.2) is 4.79 Å². The molecular formula is C19H16N2O3S. The summed E-state index contributed by atoms with van der Waals surface area (Å²) in [4.78, 5) is 29.4. The molecule has 6 heteroatoms. The summed E-state index contributed by atoms with van der Waals surface area (Å²) in [5, 5.41) is 3.79. The van der Waals surface area contributed by atoms with E-state index in [-0.39, 0.29) is 11.7 Å². The van der Waals surface area contributed by atoms with Crippen LogP contribution in [0.4, 0.5) is 5.69 Å². The number of nitrogens with one attached hydrogen (secondary N) is 1. The van der Waals surface area contributed by atoms with Gasteiger partial charge in [-0.3, -0.25) is 9.78 Å². The summed E-state index contributed by atoms with van der Waals surface area (Å²) < 4.78 is 4.73. The predicted molar refractivity (Wildman–Crippen MR) is 98.9 cm³/mol. The Bertz CT molecular complexity index is 922. The molecule has 0 saturated carbocycles. The van der Waals surface area contributed by atoms with Gasteiger partial charge in [0.05, 0.1) is 29.6 Å². The second kappa shape index (κ2) is 7.81. The van der Waals surface area contributed by atoms with Crippen LogP contribution in [0.1, 0.15) is 10.4 Å². The van der Waals surface area contributed by atoms with Crippen molar-refractivity contribution in [3.8, 4) is 0 Å². The molecule has 0 unspecified atom stereocenters. The van der Waals surface area contributed by atoms with Gasteiger partial charge in [0.25, 0.3) is 0 Å². The largest absolute Gasteiger partial charge is 0.465 e. The molecule has 3 aromatic rings. The van der Waals surface area contributed by atoms with Gasteiger partial charge in [0.15, 0.2) is 0 Å².